The molecule has 0 aliphatic heterocycles. The van der Waals surface area contributed by atoms with E-state index in [9.17, 15) is 4.79 Å². The Morgan fingerprint density at radius 2 is 1.88 bits per heavy atom. The first-order valence-corrected chi connectivity index (χ1v) is 8.60. The van der Waals surface area contributed by atoms with Gasteiger partial charge < -0.3 is 9.64 Å². The van der Waals surface area contributed by atoms with Gasteiger partial charge >= 0.3 is 0 Å². The topological polar surface area (TPSA) is 47.4 Å². The number of halogens is 1. The highest BCUT2D eigenvalue weighted by Gasteiger charge is 2.17. The van der Waals surface area contributed by atoms with E-state index in [2.05, 4.69) is 5.10 Å². The van der Waals surface area contributed by atoms with Crippen LogP contribution < -0.4 is 4.74 Å². The number of aryl methyl sites for hydroxylation is 1. The number of amides is 1. The van der Waals surface area contributed by atoms with E-state index in [-0.39, 0.29) is 5.91 Å². The number of hydrogen-bond acceptors (Lipinski definition) is 3. The molecule has 1 aromatic heterocycles. The molecule has 5 nitrogen and oxygen atoms in total. The molecule has 0 saturated carbocycles. The van der Waals surface area contributed by atoms with Crippen LogP contribution in [0, 0.1) is 0 Å². The van der Waals surface area contributed by atoms with Crippen LogP contribution in [0.4, 0.5) is 0 Å². The molecule has 0 radical (unpaired) electrons. The summed E-state index contributed by atoms with van der Waals surface area (Å²) in [5.41, 5.74) is 2.50. The first-order chi connectivity index (χ1) is 12.5. The molecule has 3 rings (SSSR count). The number of nitrogens with zero attached hydrogens (tertiary/aromatic N) is 3. The highest BCUT2D eigenvalue weighted by molar-refractivity contribution is 6.30. The number of aromatic nitrogens is 2. The normalized spacial score (nSPS) is 10.6. The Bertz CT molecular complexity index is 890. The summed E-state index contributed by atoms with van der Waals surface area (Å²) in [5.74, 6) is 0.464. The van der Waals surface area contributed by atoms with E-state index in [1.165, 1.54) is 0 Å². The lowest BCUT2D eigenvalue weighted by Crippen LogP contribution is -2.26. The van der Waals surface area contributed by atoms with Gasteiger partial charge in [0.15, 0.2) is 0 Å². The zero-order valence-corrected chi connectivity index (χ0v) is 15.5. The molecule has 1 heterocycles. The molecule has 0 fully saturated rings. The number of ether oxygens (including phenoxy) is 1. The van der Waals surface area contributed by atoms with Crippen molar-refractivity contribution < 1.29 is 9.53 Å². The Hall–Kier alpha value is -2.79. The van der Waals surface area contributed by atoms with Gasteiger partial charge in [0.2, 0.25) is 0 Å². The van der Waals surface area contributed by atoms with Crippen LogP contribution in [0.5, 0.6) is 5.75 Å². The van der Waals surface area contributed by atoms with Gasteiger partial charge in [-0.25, -0.2) is 0 Å². The van der Waals surface area contributed by atoms with Crippen molar-refractivity contribution in [3.63, 3.8) is 0 Å². The Balaban J connectivity index is 1.71. The van der Waals surface area contributed by atoms with E-state index in [0.29, 0.717) is 29.5 Å². The minimum Gasteiger partial charge on any atom is -0.488 e. The summed E-state index contributed by atoms with van der Waals surface area (Å²) in [4.78, 5) is 14.5. The standard InChI is InChI=1S/C20H20ClN3O2/c1-23(12-16-11-22-24(2)13-16)20(25)18-5-3-4-6-19(18)26-14-15-7-9-17(21)10-8-15/h3-11,13H,12,14H2,1-2H3. The maximum atomic E-state index is 12.8. The predicted molar refractivity (Wildman–Crippen MR) is 101 cm³/mol. The molecule has 134 valence electrons. The number of rotatable bonds is 6. The summed E-state index contributed by atoms with van der Waals surface area (Å²) in [7, 11) is 3.62. The van der Waals surface area contributed by atoms with E-state index in [4.69, 9.17) is 16.3 Å². The van der Waals surface area contributed by atoms with Crippen LogP contribution in [0.2, 0.25) is 5.02 Å². The van der Waals surface area contributed by atoms with Crippen molar-refractivity contribution in [1.82, 2.24) is 14.7 Å². The Morgan fingerprint density at radius 3 is 2.58 bits per heavy atom. The van der Waals surface area contributed by atoms with Crippen molar-refractivity contribution in [2.45, 2.75) is 13.2 Å². The van der Waals surface area contributed by atoms with Crippen LogP contribution in [0.3, 0.4) is 0 Å². The zero-order valence-electron chi connectivity index (χ0n) is 14.7. The molecule has 0 aliphatic carbocycles. The van der Waals surface area contributed by atoms with Crippen molar-refractivity contribution in [1.29, 1.82) is 0 Å². The molecule has 0 atom stereocenters. The highest BCUT2D eigenvalue weighted by atomic mass is 35.5. The first-order valence-electron chi connectivity index (χ1n) is 8.22. The minimum absolute atomic E-state index is 0.0967. The van der Waals surface area contributed by atoms with Crippen LogP contribution in [0.25, 0.3) is 0 Å². The first kappa shape index (κ1) is 18.0. The Morgan fingerprint density at radius 1 is 1.15 bits per heavy atom. The van der Waals surface area contributed by atoms with E-state index in [0.717, 1.165) is 11.1 Å². The lowest BCUT2D eigenvalue weighted by atomic mass is 10.1. The monoisotopic (exact) mass is 369 g/mol. The molecular formula is C20H20ClN3O2. The van der Waals surface area contributed by atoms with Crippen molar-refractivity contribution >= 4 is 17.5 Å². The summed E-state index contributed by atoms with van der Waals surface area (Å²) in [6.07, 6.45) is 3.65. The van der Waals surface area contributed by atoms with E-state index in [1.807, 2.05) is 49.6 Å². The SMILES string of the molecule is CN(Cc1cnn(C)c1)C(=O)c1ccccc1OCc1ccc(Cl)cc1. The predicted octanol–water partition coefficient (Wildman–Crippen LogP) is 3.92. The third-order valence-electron chi connectivity index (χ3n) is 3.95. The smallest absolute Gasteiger partial charge is 0.257 e. The third kappa shape index (κ3) is 4.43. The van der Waals surface area contributed by atoms with Crippen molar-refractivity contribution in [3.05, 3.63) is 82.6 Å². The van der Waals surface area contributed by atoms with Gasteiger partial charge in [0.05, 0.1) is 11.8 Å². The van der Waals surface area contributed by atoms with Crippen molar-refractivity contribution in [2.24, 2.45) is 7.05 Å². The maximum absolute atomic E-state index is 12.8. The summed E-state index contributed by atoms with van der Waals surface area (Å²) in [5, 5.41) is 4.81. The fourth-order valence-electron chi connectivity index (χ4n) is 2.62. The summed E-state index contributed by atoms with van der Waals surface area (Å²) in [6, 6.07) is 14.7. The van der Waals surface area contributed by atoms with Crippen LogP contribution in [-0.2, 0) is 20.2 Å². The lowest BCUT2D eigenvalue weighted by molar-refractivity contribution is 0.0780. The van der Waals surface area contributed by atoms with Crippen LogP contribution in [0.1, 0.15) is 21.5 Å². The number of para-hydroxylation sites is 1. The van der Waals surface area contributed by atoms with E-state index >= 15 is 0 Å². The maximum Gasteiger partial charge on any atom is 0.257 e. The average molecular weight is 370 g/mol. The fourth-order valence-corrected chi connectivity index (χ4v) is 2.74. The molecule has 0 N–H and O–H groups in total. The lowest BCUT2D eigenvalue weighted by Gasteiger charge is -2.18. The molecule has 3 aromatic rings. The zero-order chi connectivity index (χ0) is 18.5. The van der Waals surface area contributed by atoms with E-state index in [1.54, 1.807) is 35.0 Å². The minimum atomic E-state index is -0.0967. The van der Waals surface area contributed by atoms with Gasteiger partial charge in [-0.15, -0.1) is 0 Å². The van der Waals surface area contributed by atoms with Crippen LogP contribution in [-0.4, -0.2) is 27.6 Å². The number of carbonyl (C=O) groups excluding carboxylic acids is 1. The molecule has 6 heteroatoms. The third-order valence-corrected chi connectivity index (χ3v) is 4.20. The summed E-state index contributed by atoms with van der Waals surface area (Å²) >= 11 is 5.90. The van der Waals surface area contributed by atoms with Crippen LogP contribution >= 0.6 is 11.6 Å². The molecule has 2 aromatic carbocycles. The molecule has 0 saturated heterocycles. The van der Waals surface area contributed by atoms with Gasteiger partial charge in [-0.3, -0.25) is 9.48 Å². The van der Waals surface area contributed by atoms with Gasteiger partial charge in [0.1, 0.15) is 12.4 Å². The second kappa shape index (κ2) is 8.06. The van der Waals surface area contributed by atoms with Gasteiger partial charge in [0, 0.05) is 37.4 Å². The summed E-state index contributed by atoms with van der Waals surface area (Å²) < 4.78 is 7.60. The van der Waals surface area contributed by atoms with Gasteiger partial charge in [0.25, 0.3) is 5.91 Å². The highest BCUT2D eigenvalue weighted by Crippen LogP contribution is 2.22. The van der Waals surface area contributed by atoms with Gasteiger partial charge in [-0.2, -0.15) is 5.10 Å². The van der Waals surface area contributed by atoms with Crippen LogP contribution in [0.15, 0.2) is 60.9 Å². The Kier molecular flexibility index (Phi) is 5.58. The largest absolute Gasteiger partial charge is 0.488 e. The average Bonchev–Trinajstić information content (AvgIpc) is 3.05. The van der Waals surface area contributed by atoms with Gasteiger partial charge in [-0.1, -0.05) is 35.9 Å². The quantitative estimate of drug-likeness (QED) is 0.661. The molecule has 0 bridgehead atoms. The molecule has 0 spiro atoms. The Labute approximate surface area is 157 Å². The second-order valence-electron chi connectivity index (χ2n) is 6.09. The number of benzene rings is 2. The molecule has 26 heavy (non-hydrogen) atoms. The number of hydrogen-bond donors (Lipinski definition) is 0. The second-order valence-corrected chi connectivity index (χ2v) is 6.53. The van der Waals surface area contributed by atoms with Crippen molar-refractivity contribution in [2.75, 3.05) is 7.05 Å². The molecule has 0 unspecified atom stereocenters. The van der Waals surface area contributed by atoms with Gasteiger partial charge in [-0.05, 0) is 29.8 Å². The summed E-state index contributed by atoms with van der Waals surface area (Å²) in [6.45, 7) is 0.853. The molecule has 0 aliphatic rings. The molecule has 1 amide bonds. The number of carbonyl (C=O) groups is 1. The molecular weight excluding hydrogens is 350 g/mol. The fraction of sp³-hybridized carbons (Fsp3) is 0.200. The van der Waals surface area contributed by atoms with Crippen molar-refractivity contribution in [3.8, 4) is 5.75 Å². The van der Waals surface area contributed by atoms with E-state index < -0.39 is 0 Å².